The van der Waals surface area contributed by atoms with Crippen LogP contribution < -0.4 is 5.73 Å². The van der Waals surface area contributed by atoms with Gasteiger partial charge in [0, 0.05) is 5.25 Å². The van der Waals surface area contributed by atoms with Crippen LogP contribution in [0, 0.1) is 0 Å². The SMILES string of the molecule is NCCC(SC1CCCCC1)C(=O)O. The average molecular weight is 217 g/mol. The number of hydrogen-bond acceptors (Lipinski definition) is 3. The van der Waals surface area contributed by atoms with Crippen LogP contribution in [0.25, 0.3) is 0 Å². The zero-order valence-corrected chi connectivity index (χ0v) is 9.26. The molecule has 0 amide bonds. The quantitative estimate of drug-likeness (QED) is 0.737. The zero-order valence-electron chi connectivity index (χ0n) is 8.45. The lowest BCUT2D eigenvalue weighted by Crippen LogP contribution is -2.24. The van der Waals surface area contributed by atoms with Crippen molar-refractivity contribution >= 4 is 17.7 Å². The Morgan fingerprint density at radius 2 is 2.07 bits per heavy atom. The van der Waals surface area contributed by atoms with Crippen molar-refractivity contribution in [3.63, 3.8) is 0 Å². The highest BCUT2D eigenvalue weighted by atomic mass is 32.2. The average Bonchev–Trinajstić information content (AvgIpc) is 2.18. The minimum Gasteiger partial charge on any atom is -0.480 e. The van der Waals surface area contributed by atoms with Gasteiger partial charge in [0.2, 0.25) is 0 Å². The number of aliphatic carboxylic acids is 1. The molecule has 0 aromatic heterocycles. The summed E-state index contributed by atoms with van der Waals surface area (Å²) in [6, 6.07) is 0. The Kier molecular flexibility index (Phi) is 5.33. The summed E-state index contributed by atoms with van der Waals surface area (Å²) in [6.07, 6.45) is 6.78. The van der Waals surface area contributed by atoms with E-state index in [0.29, 0.717) is 18.2 Å². The van der Waals surface area contributed by atoms with Crippen LogP contribution in [0.2, 0.25) is 0 Å². The van der Waals surface area contributed by atoms with Gasteiger partial charge in [-0.15, -0.1) is 11.8 Å². The molecule has 1 unspecified atom stereocenters. The Morgan fingerprint density at radius 1 is 1.43 bits per heavy atom. The highest BCUT2D eigenvalue weighted by Gasteiger charge is 2.23. The lowest BCUT2D eigenvalue weighted by molar-refractivity contribution is -0.136. The van der Waals surface area contributed by atoms with E-state index in [1.54, 1.807) is 11.8 Å². The molecule has 1 rings (SSSR count). The molecule has 1 saturated carbocycles. The molecule has 1 aliphatic rings. The molecule has 0 heterocycles. The van der Waals surface area contributed by atoms with Gasteiger partial charge in [0.05, 0.1) is 0 Å². The van der Waals surface area contributed by atoms with E-state index in [1.165, 1.54) is 32.1 Å². The lowest BCUT2D eigenvalue weighted by atomic mass is 10.0. The van der Waals surface area contributed by atoms with Gasteiger partial charge in [-0.2, -0.15) is 0 Å². The fourth-order valence-corrected chi connectivity index (χ4v) is 3.29. The second-order valence-corrected chi connectivity index (χ2v) is 5.31. The summed E-state index contributed by atoms with van der Waals surface area (Å²) in [5, 5.41) is 9.22. The van der Waals surface area contributed by atoms with Gasteiger partial charge >= 0.3 is 5.97 Å². The molecule has 3 N–H and O–H groups in total. The Bertz CT molecular complexity index is 181. The molecule has 1 fully saturated rings. The van der Waals surface area contributed by atoms with Crippen molar-refractivity contribution in [1.29, 1.82) is 0 Å². The molecule has 82 valence electrons. The summed E-state index contributed by atoms with van der Waals surface area (Å²) in [7, 11) is 0. The molecule has 0 saturated heterocycles. The molecule has 0 aliphatic heterocycles. The third kappa shape index (κ3) is 3.88. The van der Waals surface area contributed by atoms with Crippen LogP contribution in [0.5, 0.6) is 0 Å². The van der Waals surface area contributed by atoms with Crippen molar-refractivity contribution in [3.05, 3.63) is 0 Å². The first-order chi connectivity index (χ1) is 6.74. The number of thioether (sulfide) groups is 1. The van der Waals surface area contributed by atoms with Crippen LogP contribution in [0.3, 0.4) is 0 Å². The predicted octanol–water partition coefficient (Wildman–Crippen LogP) is 1.85. The molecule has 0 aromatic rings. The fourth-order valence-electron chi connectivity index (χ4n) is 1.83. The topological polar surface area (TPSA) is 63.3 Å². The Hall–Kier alpha value is -0.220. The lowest BCUT2D eigenvalue weighted by Gasteiger charge is -2.23. The maximum Gasteiger partial charge on any atom is 0.316 e. The van der Waals surface area contributed by atoms with Crippen molar-refractivity contribution in [2.75, 3.05) is 6.54 Å². The van der Waals surface area contributed by atoms with E-state index >= 15 is 0 Å². The van der Waals surface area contributed by atoms with Gasteiger partial charge in [-0.3, -0.25) is 4.79 Å². The van der Waals surface area contributed by atoms with Crippen LogP contribution in [-0.2, 0) is 4.79 Å². The third-order valence-electron chi connectivity index (χ3n) is 2.61. The number of hydrogen-bond donors (Lipinski definition) is 2. The minimum atomic E-state index is -0.703. The number of carbonyl (C=O) groups is 1. The van der Waals surface area contributed by atoms with E-state index in [0.717, 1.165) is 0 Å². The van der Waals surface area contributed by atoms with Gasteiger partial charge in [-0.05, 0) is 25.8 Å². The second-order valence-electron chi connectivity index (χ2n) is 3.80. The Morgan fingerprint density at radius 3 is 2.57 bits per heavy atom. The summed E-state index contributed by atoms with van der Waals surface area (Å²) in [5.41, 5.74) is 5.40. The van der Waals surface area contributed by atoms with Crippen LogP contribution >= 0.6 is 11.8 Å². The predicted molar refractivity (Wildman–Crippen MR) is 59.6 cm³/mol. The Labute approximate surface area is 89.4 Å². The molecule has 1 atom stereocenters. The van der Waals surface area contributed by atoms with Gasteiger partial charge in [0.25, 0.3) is 0 Å². The van der Waals surface area contributed by atoms with Crippen molar-refractivity contribution in [3.8, 4) is 0 Å². The number of nitrogens with two attached hydrogens (primary N) is 1. The van der Waals surface area contributed by atoms with E-state index < -0.39 is 5.97 Å². The molecule has 0 spiro atoms. The number of rotatable bonds is 5. The molecule has 1 aliphatic carbocycles. The smallest absolute Gasteiger partial charge is 0.316 e. The zero-order chi connectivity index (χ0) is 10.4. The molecule has 0 radical (unpaired) electrons. The minimum absolute atomic E-state index is 0.289. The van der Waals surface area contributed by atoms with Crippen molar-refractivity contribution in [2.24, 2.45) is 5.73 Å². The molecule has 3 nitrogen and oxygen atoms in total. The van der Waals surface area contributed by atoms with E-state index in [1.807, 2.05) is 0 Å². The molecule has 14 heavy (non-hydrogen) atoms. The van der Waals surface area contributed by atoms with Gasteiger partial charge < -0.3 is 10.8 Å². The maximum atomic E-state index is 10.9. The Balaban J connectivity index is 2.33. The largest absolute Gasteiger partial charge is 0.480 e. The fraction of sp³-hybridized carbons (Fsp3) is 0.900. The van der Waals surface area contributed by atoms with Crippen molar-refractivity contribution < 1.29 is 9.90 Å². The van der Waals surface area contributed by atoms with Crippen LogP contribution in [0.1, 0.15) is 38.5 Å². The molecule has 0 bridgehead atoms. The van der Waals surface area contributed by atoms with Gasteiger partial charge in [-0.1, -0.05) is 19.3 Å². The van der Waals surface area contributed by atoms with Gasteiger partial charge in [0.1, 0.15) is 5.25 Å². The molecular weight excluding hydrogens is 198 g/mol. The summed E-state index contributed by atoms with van der Waals surface area (Å²) in [4.78, 5) is 10.9. The number of carboxylic acid groups (broad SMARTS) is 1. The van der Waals surface area contributed by atoms with E-state index in [4.69, 9.17) is 10.8 Å². The van der Waals surface area contributed by atoms with E-state index in [9.17, 15) is 4.79 Å². The first-order valence-corrected chi connectivity index (χ1v) is 6.26. The molecule has 0 aromatic carbocycles. The summed E-state index contributed by atoms with van der Waals surface area (Å²) in [6.45, 7) is 0.469. The summed E-state index contributed by atoms with van der Waals surface area (Å²) < 4.78 is 0. The van der Waals surface area contributed by atoms with E-state index in [-0.39, 0.29) is 5.25 Å². The highest BCUT2D eigenvalue weighted by Crippen LogP contribution is 2.32. The number of carboxylic acids is 1. The van der Waals surface area contributed by atoms with Crippen LogP contribution in [0.15, 0.2) is 0 Å². The molecular formula is C10H19NO2S. The first kappa shape index (κ1) is 11.9. The second kappa shape index (κ2) is 6.30. The van der Waals surface area contributed by atoms with Gasteiger partial charge in [0.15, 0.2) is 0 Å². The van der Waals surface area contributed by atoms with Crippen molar-refractivity contribution in [1.82, 2.24) is 0 Å². The monoisotopic (exact) mass is 217 g/mol. The third-order valence-corrected chi connectivity index (χ3v) is 4.24. The highest BCUT2D eigenvalue weighted by molar-refractivity contribution is 8.01. The summed E-state index contributed by atoms with van der Waals surface area (Å²) >= 11 is 1.62. The van der Waals surface area contributed by atoms with Crippen LogP contribution in [0.4, 0.5) is 0 Å². The maximum absolute atomic E-state index is 10.9. The summed E-state index contributed by atoms with van der Waals surface area (Å²) in [5.74, 6) is -0.703. The van der Waals surface area contributed by atoms with Crippen LogP contribution in [-0.4, -0.2) is 28.1 Å². The van der Waals surface area contributed by atoms with Crippen molar-refractivity contribution in [2.45, 2.75) is 49.0 Å². The van der Waals surface area contributed by atoms with Gasteiger partial charge in [-0.25, -0.2) is 0 Å². The molecule has 4 heteroatoms. The standard InChI is InChI=1S/C10H19NO2S/c11-7-6-9(10(12)13)14-8-4-2-1-3-5-8/h8-9H,1-7,11H2,(H,12,13). The first-order valence-electron chi connectivity index (χ1n) is 5.32. The normalized spacial score (nSPS) is 20.6. The van der Waals surface area contributed by atoms with E-state index in [2.05, 4.69) is 0 Å².